The lowest BCUT2D eigenvalue weighted by Gasteiger charge is -2.63. The zero-order chi connectivity index (χ0) is 23.4. The number of nitrogens with zero attached hydrogens (tertiary/aromatic N) is 1. The molecule has 4 heteroatoms. The molecule has 0 amide bonds. The van der Waals surface area contributed by atoms with E-state index in [2.05, 4.69) is 24.8 Å². The Morgan fingerprint density at radius 1 is 1.03 bits per heavy atom. The lowest BCUT2D eigenvalue weighted by Crippen LogP contribution is -2.62. The van der Waals surface area contributed by atoms with E-state index < -0.39 is 5.60 Å². The average Bonchev–Trinajstić information content (AvgIpc) is 3.58. The molecule has 2 heterocycles. The maximum atomic E-state index is 12.4. The van der Waals surface area contributed by atoms with Gasteiger partial charge in [0.2, 0.25) is 0 Å². The maximum absolute atomic E-state index is 12.4. The molecule has 1 saturated heterocycles. The van der Waals surface area contributed by atoms with E-state index in [-0.39, 0.29) is 5.41 Å². The van der Waals surface area contributed by atoms with Gasteiger partial charge in [-0.1, -0.05) is 13.8 Å². The molecule has 0 radical (unpaired) electrons. The Bertz CT molecular complexity index is 834. The Kier molecular flexibility index (Phi) is 6.18. The molecule has 0 unspecified atom stereocenters. The largest absolute Gasteiger partial charge is 0.472 e. The molecule has 1 aromatic heterocycles. The van der Waals surface area contributed by atoms with Crippen molar-refractivity contribution in [3.8, 4) is 0 Å². The third kappa shape index (κ3) is 3.65. The number of rotatable bonds is 6. The molecule has 1 aliphatic heterocycles. The van der Waals surface area contributed by atoms with Gasteiger partial charge in [0.25, 0.3) is 0 Å². The molecule has 34 heavy (non-hydrogen) atoms. The van der Waals surface area contributed by atoms with Gasteiger partial charge in [0.15, 0.2) is 0 Å². The van der Waals surface area contributed by atoms with Crippen molar-refractivity contribution in [1.29, 1.82) is 0 Å². The molecule has 5 aliphatic rings. The van der Waals surface area contributed by atoms with Crippen LogP contribution in [0.5, 0.6) is 0 Å². The number of furan rings is 1. The summed E-state index contributed by atoms with van der Waals surface area (Å²) in [6, 6.07) is 2.14. The number of ether oxygens (including phenoxy) is 1. The molecule has 4 aliphatic carbocycles. The van der Waals surface area contributed by atoms with E-state index >= 15 is 0 Å². The summed E-state index contributed by atoms with van der Waals surface area (Å²) in [6.07, 6.45) is 18.9. The van der Waals surface area contributed by atoms with Crippen LogP contribution < -0.4 is 0 Å². The third-order valence-electron chi connectivity index (χ3n) is 11.9. The van der Waals surface area contributed by atoms with Gasteiger partial charge >= 0.3 is 0 Å². The standard InChI is InChI=1S/C30H47NO3/c1-28-12-8-24(34-18-5-17-31-15-3-4-16-31)20-23(28)6-7-27-26(28)9-13-29(2)25(10-14-30(27,29)32)22-11-19-33-21-22/h11,19,21,23-27,32H,3-10,12-18,20H2,1-2H3/t23-,24-,25+,26-,27+,28-,29+,30-/m0/s1. The number of hydrogen-bond acceptors (Lipinski definition) is 4. The van der Waals surface area contributed by atoms with Gasteiger partial charge in [-0.3, -0.25) is 0 Å². The highest BCUT2D eigenvalue weighted by Crippen LogP contribution is 2.70. The quantitative estimate of drug-likeness (QED) is 0.490. The van der Waals surface area contributed by atoms with Gasteiger partial charge in [-0.05, 0) is 131 Å². The van der Waals surface area contributed by atoms with Crippen molar-refractivity contribution < 1.29 is 14.3 Å². The molecule has 4 saturated carbocycles. The fourth-order valence-electron chi connectivity index (χ4n) is 9.89. The van der Waals surface area contributed by atoms with Crippen molar-refractivity contribution in [1.82, 2.24) is 4.90 Å². The van der Waals surface area contributed by atoms with Crippen molar-refractivity contribution in [2.45, 2.75) is 109 Å². The minimum atomic E-state index is -0.519. The van der Waals surface area contributed by atoms with Crippen molar-refractivity contribution in [2.24, 2.45) is 28.6 Å². The molecule has 1 N–H and O–H groups in total. The first-order valence-corrected chi connectivity index (χ1v) is 14.5. The van der Waals surface area contributed by atoms with Crippen LogP contribution in [0.25, 0.3) is 0 Å². The van der Waals surface area contributed by atoms with Gasteiger partial charge in [-0.25, -0.2) is 0 Å². The zero-order valence-electron chi connectivity index (χ0n) is 21.6. The van der Waals surface area contributed by atoms with Crippen LogP contribution in [-0.4, -0.2) is 48.0 Å². The molecule has 6 rings (SSSR count). The van der Waals surface area contributed by atoms with E-state index in [1.54, 1.807) is 6.26 Å². The highest BCUT2D eigenvalue weighted by molar-refractivity contribution is 5.26. The SMILES string of the molecule is C[C@]12CC[C@H](OCCCN3CCCC3)C[C@@H]1CC[C@@H]1[C@@H]2CC[C@]2(C)[C@@H](c3ccoc3)CC[C@]12O. The van der Waals surface area contributed by atoms with Crippen molar-refractivity contribution in [3.63, 3.8) is 0 Å². The second-order valence-electron chi connectivity index (χ2n) is 13.2. The van der Waals surface area contributed by atoms with Crippen LogP contribution >= 0.6 is 0 Å². The monoisotopic (exact) mass is 469 g/mol. The molecule has 1 aromatic rings. The van der Waals surface area contributed by atoms with Gasteiger partial charge in [0.1, 0.15) is 0 Å². The van der Waals surface area contributed by atoms with Crippen LogP contribution in [0.4, 0.5) is 0 Å². The summed E-state index contributed by atoms with van der Waals surface area (Å²) >= 11 is 0. The predicted octanol–water partition coefficient (Wildman–Crippen LogP) is 6.39. The predicted molar refractivity (Wildman–Crippen MR) is 135 cm³/mol. The first-order valence-electron chi connectivity index (χ1n) is 14.5. The van der Waals surface area contributed by atoms with Gasteiger partial charge < -0.3 is 19.2 Å². The Hall–Kier alpha value is -0.840. The molecule has 5 fully saturated rings. The molecule has 8 atom stereocenters. The van der Waals surface area contributed by atoms with Crippen LogP contribution in [0.1, 0.15) is 102 Å². The fourth-order valence-corrected chi connectivity index (χ4v) is 9.89. The highest BCUT2D eigenvalue weighted by Gasteiger charge is 2.67. The molecular weight excluding hydrogens is 422 g/mol. The molecule has 0 aromatic carbocycles. The van der Waals surface area contributed by atoms with E-state index in [0.717, 1.165) is 31.8 Å². The minimum absolute atomic E-state index is 0.0170. The summed E-state index contributed by atoms with van der Waals surface area (Å²) in [7, 11) is 0. The van der Waals surface area contributed by atoms with Crippen molar-refractivity contribution in [3.05, 3.63) is 24.2 Å². The summed E-state index contributed by atoms with van der Waals surface area (Å²) in [5.41, 5.74) is 1.15. The van der Waals surface area contributed by atoms with Crippen LogP contribution in [0, 0.1) is 28.6 Å². The Labute approximate surface area is 206 Å². The number of fused-ring (bicyclic) bond motifs is 5. The Morgan fingerprint density at radius 2 is 1.88 bits per heavy atom. The second-order valence-corrected chi connectivity index (χ2v) is 13.2. The minimum Gasteiger partial charge on any atom is -0.472 e. The Morgan fingerprint density at radius 3 is 2.68 bits per heavy atom. The first kappa shape index (κ1) is 23.6. The normalized spacial score (nSPS) is 46.7. The molecule has 0 spiro atoms. The van der Waals surface area contributed by atoms with Crippen molar-refractivity contribution >= 4 is 0 Å². The average molecular weight is 470 g/mol. The van der Waals surface area contributed by atoms with Gasteiger partial charge in [0.05, 0.1) is 24.2 Å². The fraction of sp³-hybridized carbons (Fsp3) is 0.867. The zero-order valence-corrected chi connectivity index (χ0v) is 21.6. The molecule has 4 nitrogen and oxygen atoms in total. The van der Waals surface area contributed by atoms with Gasteiger partial charge in [-0.2, -0.15) is 0 Å². The summed E-state index contributed by atoms with van der Waals surface area (Å²) in [6.45, 7) is 9.72. The summed E-state index contributed by atoms with van der Waals surface area (Å²) in [4.78, 5) is 2.60. The van der Waals surface area contributed by atoms with Crippen LogP contribution in [0.2, 0.25) is 0 Å². The Balaban J connectivity index is 1.10. The summed E-state index contributed by atoms with van der Waals surface area (Å²) < 4.78 is 11.9. The first-order chi connectivity index (χ1) is 16.4. The van der Waals surface area contributed by atoms with E-state index in [0.29, 0.717) is 29.3 Å². The van der Waals surface area contributed by atoms with E-state index in [1.807, 2.05) is 6.26 Å². The number of hydrogen-bond donors (Lipinski definition) is 1. The third-order valence-corrected chi connectivity index (χ3v) is 11.9. The highest BCUT2D eigenvalue weighted by atomic mass is 16.5. The number of aliphatic hydroxyl groups is 1. The number of likely N-dealkylation sites (tertiary alicyclic amines) is 1. The maximum Gasteiger partial charge on any atom is 0.0937 e. The lowest BCUT2D eigenvalue weighted by molar-refractivity contribution is -0.207. The molecular formula is C30H47NO3. The van der Waals surface area contributed by atoms with Crippen molar-refractivity contribution in [2.75, 3.05) is 26.2 Å². The topological polar surface area (TPSA) is 45.8 Å². The second kappa shape index (κ2) is 8.92. The molecule has 0 bridgehead atoms. The van der Waals surface area contributed by atoms with Gasteiger partial charge in [-0.15, -0.1) is 0 Å². The van der Waals surface area contributed by atoms with E-state index in [1.165, 1.54) is 83.0 Å². The van der Waals surface area contributed by atoms with Crippen LogP contribution in [0.15, 0.2) is 23.0 Å². The van der Waals surface area contributed by atoms with Gasteiger partial charge in [0, 0.05) is 18.6 Å². The van der Waals surface area contributed by atoms with Crippen LogP contribution in [0.3, 0.4) is 0 Å². The summed E-state index contributed by atoms with van der Waals surface area (Å²) in [5.74, 6) is 2.34. The van der Waals surface area contributed by atoms with Crippen LogP contribution in [-0.2, 0) is 4.74 Å². The smallest absolute Gasteiger partial charge is 0.0937 e. The lowest BCUT2D eigenvalue weighted by atomic mass is 9.43. The van der Waals surface area contributed by atoms with E-state index in [9.17, 15) is 5.11 Å². The summed E-state index contributed by atoms with van der Waals surface area (Å²) in [5, 5.41) is 12.4. The molecule has 190 valence electrons. The van der Waals surface area contributed by atoms with E-state index in [4.69, 9.17) is 9.15 Å².